The second-order valence-electron chi connectivity index (χ2n) is 18.9. The SMILES string of the molecule is Cn1cncc1-c1c[nH]c([C@@H]2C[C@@H](O)CN2C(=O)[C@@H](NC(=O)COCCCCOc2ccc(-c3ncc(N4C(=S)N(c5ccc(C#N)c(C(F)(F)F)c5F)C(=O)C4(C)C)cc3F)c(C(F)(F)F)c2)C(C)(C)C)n1. The first-order valence-electron chi connectivity index (χ1n) is 22.5. The van der Waals surface area contributed by atoms with Gasteiger partial charge in [-0.15, -0.1) is 0 Å². The summed E-state index contributed by atoms with van der Waals surface area (Å²) in [5.41, 5.74) is -8.18. The Morgan fingerprint density at radius 2 is 1.75 bits per heavy atom. The number of nitrogens with zero attached hydrogens (tertiary/aromatic N) is 8. The van der Waals surface area contributed by atoms with Gasteiger partial charge < -0.3 is 39.2 Å². The number of aromatic amines is 1. The van der Waals surface area contributed by atoms with E-state index in [1.807, 2.05) is 7.05 Å². The lowest BCUT2D eigenvalue weighted by Gasteiger charge is -2.35. The van der Waals surface area contributed by atoms with Crippen molar-refractivity contribution in [3.63, 3.8) is 0 Å². The number of aryl methyl sites for hydroxylation is 1. The highest BCUT2D eigenvalue weighted by molar-refractivity contribution is 7.81. The highest BCUT2D eigenvalue weighted by Gasteiger charge is 2.52. The predicted octanol–water partition coefficient (Wildman–Crippen LogP) is 8.02. The summed E-state index contributed by atoms with van der Waals surface area (Å²) in [6.07, 6.45) is -4.52. The molecule has 0 radical (unpaired) electrons. The van der Waals surface area contributed by atoms with Crippen molar-refractivity contribution in [2.75, 3.05) is 36.2 Å². The number of amides is 3. The van der Waals surface area contributed by atoms with Crippen molar-refractivity contribution in [2.45, 2.75) is 90.0 Å². The lowest BCUT2D eigenvalue weighted by atomic mass is 9.85. The van der Waals surface area contributed by atoms with Crippen molar-refractivity contribution < 1.29 is 64.1 Å². The predicted molar refractivity (Wildman–Crippen MR) is 250 cm³/mol. The molecule has 2 aromatic carbocycles. The number of likely N-dealkylation sites (tertiary alicyclic amines) is 1. The molecule has 0 unspecified atom stereocenters. The van der Waals surface area contributed by atoms with Gasteiger partial charge in [-0.3, -0.25) is 24.3 Å². The zero-order valence-corrected chi connectivity index (χ0v) is 40.8. The summed E-state index contributed by atoms with van der Waals surface area (Å²) in [4.78, 5) is 59.4. The lowest BCUT2D eigenvalue weighted by Crippen LogP contribution is -2.55. The molecule has 5 heterocycles. The van der Waals surface area contributed by atoms with Crippen LogP contribution in [0, 0.1) is 28.4 Å². The molecule has 3 N–H and O–H groups in total. The summed E-state index contributed by atoms with van der Waals surface area (Å²) in [5.74, 6) is -5.05. The van der Waals surface area contributed by atoms with Crippen LogP contribution in [0.4, 0.5) is 46.5 Å². The maximum absolute atomic E-state index is 15.9. The standard InChI is InChI=1S/C48H48F8N10O6S/c1-45(2,3)40(42(69)64-22-27(67)16-34(64)41-60-20-32(61-41)35-21-58-24-63(35)6)62-36(68)23-71-13-7-8-14-72-28-10-11-29(30(17-28)47(51,52)53)39-31(49)15-26(19-59-39)66-44(73)65(43(70)46(66,4)5)33-12-9-25(18-57)37(38(33)50)48(54,55)56/h9-12,15,17,19-21,24,27,34,40,67H,7-8,13-14,16,22-23H2,1-6H3,(H,60,61)(H,62,68)/t27-,34+,40-/m1/s1. The number of H-pyrrole nitrogens is 1. The number of anilines is 2. The van der Waals surface area contributed by atoms with E-state index in [0.717, 1.165) is 35.0 Å². The zero-order chi connectivity index (χ0) is 53.5. The van der Waals surface area contributed by atoms with Crippen molar-refractivity contribution in [2.24, 2.45) is 12.5 Å². The molecule has 388 valence electrons. The fourth-order valence-corrected chi connectivity index (χ4v) is 9.10. The fourth-order valence-electron chi connectivity index (χ4n) is 8.59. The highest BCUT2D eigenvalue weighted by Crippen LogP contribution is 2.44. The van der Waals surface area contributed by atoms with E-state index in [9.17, 15) is 45.8 Å². The molecule has 0 bridgehead atoms. The van der Waals surface area contributed by atoms with Crippen molar-refractivity contribution >= 4 is 46.4 Å². The molecular weight excluding hydrogens is 997 g/mol. The maximum Gasteiger partial charge on any atom is 0.420 e. The molecular formula is C48H48F8N10O6S. The Hall–Kier alpha value is -7.04. The average molecular weight is 1050 g/mol. The fraction of sp³-hybridized carbons (Fsp3) is 0.417. The summed E-state index contributed by atoms with van der Waals surface area (Å²) >= 11 is 5.38. The molecule has 2 saturated heterocycles. The molecule has 0 aliphatic carbocycles. The number of aliphatic hydroxyl groups excluding tert-OH is 1. The number of carbonyl (C=O) groups excluding carboxylic acids is 3. The zero-order valence-electron chi connectivity index (χ0n) is 40.0. The van der Waals surface area contributed by atoms with Gasteiger partial charge >= 0.3 is 12.4 Å². The van der Waals surface area contributed by atoms with Crippen LogP contribution < -0.4 is 19.9 Å². The van der Waals surface area contributed by atoms with Crippen molar-refractivity contribution in [1.29, 1.82) is 5.26 Å². The smallest absolute Gasteiger partial charge is 0.420 e. The molecule has 16 nitrogen and oxygen atoms in total. The van der Waals surface area contributed by atoms with Gasteiger partial charge in [0.1, 0.15) is 46.7 Å². The van der Waals surface area contributed by atoms with Crippen molar-refractivity contribution in [1.82, 2.24) is 34.7 Å². The second-order valence-corrected chi connectivity index (χ2v) is 19.3. The number of aromatic nitrogens is 5. The number of pyridine rings is 1. The van der Waals surface area contributed by atoms with E-state index in [-0.39, 0.29) is 44.0 Å². The minimum absolute atomic E-state index is 0.0241. The van der Waals surface area contributed by atoms with Crippen molar-refractivity contribution in [3.05, 3.63) is 95.5 Å². The molecule has 2 fully saturated rings. The third kappa shape index (κ3) is 11.0. The lowest BCUT2D eigenvalue weighted by molar-refractivity contribution is -0.141. The van der Waals surface area contributed by atoms with Crippen LogP contribution >= 0.6 is 12.2 Å². The van der Waals surface area contributed by atoms with E-state index < -0.39 is 116 Å². The van der Waals surface area contributed by atoms with Crippen LogP contribution in [-0.4, -0.2) is 101 Å². The molecule has 0 saturated carbocycles. The number of carbonyl (C=O) groups is 3. The van der Waals surface area contributed by atoms with Crippen LogP contribution in [0.25, 0.3) is 22.6 Å². The third-order valence-electron chi connectivity index (χ3n) is 12.2. The van der Waals surface area contributed by atoms with Crippen LogP contribution in [0.5, 0.6) is 5.75 Å². The van der Waals surface area contributed by atoms with Crippen LogP contribution in [-0.2, 0) is 38.5 Å². The number of ether oxygens (including phenoxy) is 2. The van der Waals surface area contributed by atoms with Crippen LogP contribution in [0.15, 0.2) is 61.3 Å². The minimum atomic E-state index is -5.33. The topological polar surface area (TPSA) is 195 Å². The summed E-state index contributed by atoms with van der Waals surface area (Å²) in [5, 5.41) is 21.9. The molecule has 3 amide bonds. The first-order chi connectivity index (χ1) is 34.1. The Kier molecular flexibility index (Phi) is 15.1. The quantitative estimate of drug-likeness (QED) is 0.0520. The Labute approximate surface area is 417 Å². The van der Waals surface area contributed by atoms with E-state index in [1.54, 1.807) is 44.1 Å². The van der Waals surface area contributed by atoms with Crippen LogP contribution in [0.1, 0.15) is 82.4 Å². The van der Waals surface area contributed by atoms with Gasteiger partial charge in [-0.1, -0.05) is 20.8 Å². The van der Waals surface area contributed by atoms with Gasteiger partial charge in [0.05, 0.1) is 71.7 Å². The number of imidazole rings is 2. The summed E-state index contributed by atoms with van der Waals surface area (Å²) in [6, 6.07) is 4.58. The van der Waals surface area contributed by atoms with Gasteiger partial charge in [0.15, 0.2) is 16.7 Å². The number of nitriles is 1. The number of hydrogen-bond donors (Lipinski definition) is 3. The highest BCUT2D eigenvalue weighted by atomic mass is 32.1. The van der Waals surface area contributed by atoms with Gasteiger partial charge in [0, 0.05) is 44.4 Å². The van der Waals surface area contributed by atoms with Crippen molar-refractivity contribution in [3.8, 4) is 34.5 Å². The molecule has 73 heavy (non-hydrogen) atoms. The molecule has 25 heteroatoms. The molecule has 5 aromatic rings. The molecule has 0 spiro atoms. The summed E-state index contributed by atoms with van der Waals surface area (Å²) in [7, 11) is 1.82. The van der Waals surface area contributed by atoms with Gasteiger partial charge in [-0.2, -0.15) is 31.6 Å². The number of thiocarbonyl (C=S) groups is 1. The van der Waals surface area contributed by atoms with Gasteiger partial charge in [-0.05, 0) is 74.7 Å². The summed E-state index contributed by atoms with van der Waals surface area (Å²) in [6.45, 7) is 7.44. The van der Waals surface area contributed by atoms with E-state index in [1.165, 1.54) is 30.9 Å². The second kappa shape index (κ2) is 20.5. The normalized spacial score (nSPS) is 17.6. The van der Waals surface area contributed by atoms with Gasteiger partial charge in [-0.25, -0.2) is 18.7 Å². The van der Waals surface area contributed by atoms with Crippen LogP contribution in [0.3, 0.4) is 0 Å². The number of alkyl halides is 6. The molecule has 3 atom stereocenters. The number of rotatable bonds is 15. The Balaban J connectivity index is 0.942. The van der Waals surface area contributed by atoms with E-state index in [4.69, 9.17) is 27.0 Å². The van der Waals surface area contributed by atoms with E-state index in [0.29, 0.717) is 35.0 Å². The number of benzene rings is 2. The number of β-amino-alcohol motifs (C(OH)–C–C–N with tert-alkyl or cyclic N) is 1. The first kappa shape index (κ1) is 53.8. The summed E-state index contributed by atoms with van der Waals surface area (Å²) < 4.78 is 129. The van der Waals surface area contributed by atoms with E-state index in [2.05, 4.69) is 25.3 Å². The molecule has 2 aliphatic heterocycles. The molecule has 7 rings (SSSR count). The van der Waals surface area contributed by atoms with E-state index >= 15 is 8.78 Å². The first-order valence-corrected chi connectivity index (χ1v) is 22.9. The average Bonchev–Trinajstić information content (AvgIpc) is 4.09. The molecule has 3 aromatic heterocycles. The number of aliphatic hydroxyl groups is 1. The number of nitrogens with one attached hydrogen (secondary N) is 2. The maximum atomic E-state index is 15.9. The number of halogens is 8. The van der Waals surface area contributed by atoms with Gasteiger partial charge in [0.25, 0.3) is 5.91 Å². The van der Waals surface area contributed by atoms with Gasteiger partial charge in [0.2, 0.25) is 11.8 Å². The third-order valence-corrected chi connectivity index (χ3v) is 12.6. The Morgan fingerprint density at radius 3 is 2.38 bits per heavy atom. The minimum Gasteiger partial charge on any atom is -0.494 e. The van der Waals surface area contributed by atoms with Crippen LogP contribution in [0.2, 0.25) is 0 Å². The Morgan fingerprint density at radius 1 is 1.04 bits per heavy atom. The monoisotopic (exact) mass is 1040 g/mol. The Bertz CT molecular complexity index is 2980. The number of hydrogen-bond acceptors (Lipinski definition) is 11. The largest absolute Gasteiger partial charge is 0.494 e. The molecule has 2 aliphatic rings. The number of unbranched alkanes of at least 4 members (excludes halogenated alkanes) is 1.